The minimum atomic E-state index is 0.0498. The highest BCUT2D eigenvalue weighted by molar-refractivity contribution is 7.13. The number of benzene rings is 1. The van der Waals surface area contributed by atoms with Crippen molar-refractivity contribution < 1.29 is 4.79 Å². The number of hydrogen-bond donors (Lipinski definition) is 0. The second-order valence-electron chi connectivity index (χ2n) is 5.53. The molecule has 4 rings (SSSR count). The van der Waals surface area contributed by atoms with E-state index in [0.29, 0.717) is 12.1 Å². The second-order valence-corrected chi connectivity index (χ2v) is 6.42. The summed E-state index contributed by atoms with van der Waals surface area (Å²) in [5, 5.41) is 7.99. The van der Waals surface area contributed by atoms with Gasteiger partial charge in [-0.1, -0.05) is 12.1 Å². The number of nitrogens with zero attached hydrogens (tertiary/aromatic N) is 4. The smallest absolute Gasteiger partial charge is 0.185 e. The molecule has 5 nitrogen and oxygen atoms in total. The van der Waals surface area contributed by atoms with Crippen LogP contribution in [0.2, 0.25) is 0 Å². The molecular weight excluding hydrogens is 320 g/mol. The first kappa shape index (κ1) is 14.7. The predicted molar refractivity (Wildman–Crippen MR) is 94.1 cm³/mol. The highest BCUT2D eigenvalue weighted by Crippen LogP contribution is 2.25. The molecule has 24 heavy (non-hydrogen) atoms. The minimum absolute atomic E-state index is 0.0498. The molecule has 0 aliphatic carbocycles. The van der Waals surface area contributed by atoms with E-state index in [1.165, 1.54) is 0 Å². The van der Waals surface area contributed by atoms with Crippen molar-refractivity contribution >= 4 is 28.0 Å². The number of fused-ring (bicyclic) bond motifs is 1. The van der Waals surface area contributed by atoms with Crippen molar-refractivity contribution in [1.82, 2.24) is 19.7 Å². The lowest BCUT2D eigenvalue weighted by Crippen LogP contribution is -2.09. The van der Waals surface area contributed by atoms with E-state index in [4.69, 9.17) is 0 Å². The Hall–Kier alpha value is -2.86. The van der Waals surface area contributed by atoms with E-state index in [9.17, 15) is 4.79 Å². The van der Waals surface area contributed by atoms with Crippen molar-refractivity contribution in [3.8, 4) is 10.6 Å². The molecule has 0 fully saturated rings. The van der Waals surface area contributed by atoms with E-state index in [2.05, 4.69) is 21.1 Å². The number of ketones is 1. The Morgan fingerprint density at radius 2 is 2.08 bits per heavy atom. The van der Waals surface area contributed by atoms with Gasteiger partial charge in [-0.3, -0.25) is 14.5 Å². The third-order valence-electron chi connectivity index (χ3n) is 3.90. The van der Waals surface area contributed by atoms with Crippen molar-refractivity contribution in [2.24, 2.45) is 7.05 Å². The first-order valence-electron chi connectivity index (χ1n) is 7.50. The quantitative estimate of drug-likeness (QED) is 0.536. The molecule has 0 saturated heterocycles. The van der Waals surface area contributed by atoms with Crippen LogP contribution in [-0.4, -0.2) is 25.5 Å². The molecule has 0 unspecified atom stereocenters. The number of aryl methyl sites for hydroxylation is 1. The number of carbonyl (C=O) groups is 1. The molecule has 6 heteroatoms. The fraction of sp³-hybridized carbons (Fsp3) is 0.111. The van der Waals surface area contributed by atoms with Gasteiger partial charge in [0.2, 0.25) is 0 Å². The zero-order valence-electron chi connectivity index (χ0n) is 13.0. The largest absolute Gasteiger partial charge is 0.292 e. The first-order chi connectivity index (χ1) is 11.7. The maximum atomic E-state index is 12.4. The summed E-state index contributed by atoms with van der Waals surface area (Å²) in [6.45, 7) is 0. The summed E-state index contributed by atoms with van der Waals surface area (Å²) in [5.74, 6) is 0.0498. The fourth-order valence-electron chi connectivity index (χ4n) is 2.68. The van der Waals surface area contributed by atoms with Crippen molar-refractivity contribution in [2.45, 2.75) is 6.42 Å². The molecule has 0 bridgehead atoms. The molecule has 3 heterocycles. The number of Topliss-reactive ketones (excluding diaryl/α,β-unsaturated/α-hetero) is 1. The van der Waals surface area contributed by atoms with Crippen LogP contribution in [0.3, 0.4) is 0 Å². The Bertz CT molecular complexity index is 1020. The van der Waals surface area contributed by atoms with Crippen molar-refractivity contribution in [2.75, 3.05) is 0 Å². The predicted octanol–water partition coefficient (Wildman–Crippen LogP) is 3.52. The van der Waals surface area contributed by atoms with E-state index in [1.807, 2.05) is 29.8 Å². The summed E-state index contributed by atoms with van der Waals surface area (Å²) in [7, 11) is 1.77. The molecule has 1 aromatic carbocycles. The van der Waals surface area contributed by atoms with Crippen LogP contribution < -0.4 is 0 Å². The van der Waals surface area contributed by atoms with Crippen LogP contribution in [0.1, 0.15) is 16.1 Å². The Morgan fingerprint density at radius 3 is 2.83 bits per heavy atom. The summed E-state index contributed by atoms with van der Waals surface area (Å²) in [4.78, 5) is 21.2. The van der Waals surface area contributed by atoms with Crippen LogP contribution in [0, 0.1) is 0 Å². The van der Waals surface area contributed by atoms with Gasteiger partial charge in [-0.05, 0) is 23.8 Å². The molecule has 118 valence electrons. The standard InChI is InChI=1S/C18H14N4OS/c1-22-16(4-5-21-22)17(23)9-12-2-3-13-10-14(11-20-15(13)8-12)18-19-6-7-24-18/h2-8,10-11H,9H2,1H3. The first-order valence-corrected chi connectivity index (χ1v) is 8.38. The van der Waals surface area contributed by atoms with Crippen LogP contribution in [0.25, 0.3) is 21.5 Å². The van der Waals surface area contributed by atoms with Crippen LogP contribution in [0.4, 0.5) is 0 Å². The lowest BCUT2D eigenvalue weighted by atomic mass is 10.0. The Kier molecular flexibility index (Phi) is 3.66. The monoisotopic (exact) mass is 334 g/mol. The van der Waals surface area contributed by atoms with Crippen LogP contribution in [0.15, 0.2) is 54.3 Å². The number of pyridine rings is 1. The van der Waals surface area contributed by atoms with E-state index in [0.717, 1.165) is 27.0 Å². The Balaban J connectivity index is 1.63. The SMILES string of the molecule is Cn1nccc1C(=O)Cc1ccc2cc(-c3nccs3)cnc2c1. The lowest BCUT2D eigenvalue weighted by Gasteiger charge is -2.05. The third-order valence-corrected chi connectivity index (χ3v) is 4.72. The molecule has 0 saturated carbocycles. The average Bonchev–Trinajstić information content (AvgIpc) is 3.26. The Morgan fingerprint density at radius 1 is 1.17 bits per heavy atom. The molecule has 0 spiro atoms. The zero-order chi connectivity index (χ0) is 16.5. The van der Waals surface area contributed by atoms with Crippen LogP contribution in [0.5, 0.6) is 0 Å². The summed E-state index contributed by atoms with van der Waals surface area (Å²) in [6.07, 6.45) is 5.59. The van der Waals surface area contributed by atoms with Crippen molar-refractivity contribution in [3.05, 3.63) is 65.6 Å². The summed E-state index contributed by atoms with van der Waals surface area (Å²) in [6, 6.07) is 9.76. The summed E-state index contributed by atoms with van der Waals surface area (Å²) >= 11 is 1.59. The van der Waals surface area contributed by atoms with Gasteiger partial charge in [-0.2, -0.15) is 5.10 Å². The van der Waals surface area contributed by atoms with Gasteiger partial charge in [0, 0.05) is 48.4 Å². The number of hydrogen-bond acceptors (Lipinski definition) is 5. The molecule has 4 aromatic rings. The van der Waals surface area contributed by atoms with Gasteiger partial charge in [0.15, 0.2) is 5.78 Å². The zero-order valence-corrected chi connectivity index (χ0v) is 13.8. The second kappa shape index (κ2) is 5.98. The molecule has 3 aromatic heterocycles. The lowest BCUT2D eigenvalue weighted by molar-refractivity contribution is 0.0984. The summed E-state index contributed by atoms with van der Waals surface area (Å²) < 4.78 is 1.60. The molecule has 0 atom stereocenters. The molecule has 0 aliphatic rings. The maximum absolute atomic E-state index is 12.4. The highest BCUT2D eigenvalue weighted by atomic mass is 32.1. The van der Waals surface area contributed by atoms with Crippen LogP contribution in [-0.2, 0) is 13.5 Å². The average molecular weight is 334 g/mol. The van der Waals surface area contributed by atoms with Gasteiger partial charge >= 0.3 is 0 Å². The Labute approximate surface area is 142 Å². The molecule has 0 radical (unpaired) electrons. The number of rotatable bonds is 4. The normalized spacial score (nSPS) is 11.0. The van der Waals surface area contributed by atoms with Gasteiger partial charge in [0.25, 0.3) is 0 Å². The maximum Gasteiger partial charge on any atom is 0.185 e. The van der Waals surface area contributed by atoms with Crippen molar-refractivity contribution in [1.29, 1.82) is 0 Å². The minimum Gasteiger partial charge on any atom is -0.292 e. The number of thiazole rings is 1. The molecule has 0 aliphatic heterocycles. The molecule has 0 N–H and O–H groups in total. The molecule has 0 amide bonds. The van der Waals surface area contributed by atoms with E-state index < -0.39 is 0 Å². The fourth-order valence-corrected chi connectivity index (χ4v) is 3.30. The van der Waals surface area contributed by atoms with E-state index in [-0.39, 0.29) is 5.78 Å². The van der Waals surface area contributed by atoms with Crippen LogP contribution >= 0.6 is 11.3 Å². The highest BCUT2D eigenvalue weighted by Gasteiger charge is 2.11. The van der Waals surface area contributed by atoms with Gasteiger partial charge in [0.05, 0.1) is 5.52 Å². The van der Waals surface area contributed by atoms with E-state index in [1.54, 1.807) is 41.5 Å². The van der Waals surface area contributed by atoms with Gasteiger partial charge in [0.1, 0.15) is 10.7 Å². The summed E-state index contributed by atoms with van der Waals surface area (Å²) in [5.41, 5.74) is 3.45. The van der Waals surface area contributed by atoms with E-state index >= 15 is 0 Å². The van der Waals surface area contributed by atoms with Crippen molar-refractivity contribution in [3.63, 3.8) is 0 Å². The van der Waals surface area contributed by atoms with Gasteiger partial charge < -0.3 is 0 Å². The van der Waals surface area contributed by atoms with Gasteiger partial charge in [-0.15, -0.1) is 11.3 Å². The van der Waals surface area contributed by atoms with Gasteiger partial charge in [-0.25, -0.2) is 4.98 Å². The number of aromatic nitrogens is 4. The number of carbonyl (C=O) groups excluding carboxylic acids is 1. The third kappa shape index (κ3) is 2.72. The molecular formula is C18H14N4OS. The topological polar surface area (TPSA) is 60.7 Å².